The van der Waals surface area contributed by atoms with Crippen molar-refractivity contribution in [2.45, 2.75) is 19.2 Å². The number of hydrogen-bond acceptors (Lipinski definition) is 2. The Kier molecular flexibility index (Phi) is 4.47. The Labute approximate surface area is 95.8 Å². The lowest BCUT2D eigenvalue weighted by molar-refractivity contribution is -0.179. The lowest BCUT2D eigenvalue weighted by Crippen LogP contribution is -2.20. The fourth-order valence-corrected chi connectivity index (χ4v) is 1.35. The second kappa shape index (κ2) is 5.46. The van der Waals surface area contributed by atoms with Crippen LogP contribution in [0.3, 0.4) is 0 Å². The largest absolute Gasteiger partial charge is 0.411 e. The zero-order chi connectivity index (χ0) is 13.1. The molecule has 6 heteroatoms. The van der Waals surface area contributed by atoms with Gasteiger partial charge >= 0.3 is 6.18 Å². The Morgan fingerprint density at radius 3 is 2.59 bits per heavy atom. The number of aliphatic hydroxyl groups excluding tert-OH is 1. The van der Waals surface area contributed by atoms with Crippen LogP contribution < -0.4 is 0 Å². The summed E-state index contributed by atoms with van der Waals surface area (Å²) < 4.78 is 52.6. The molecule has 0 bridgehead atoms. The topological polar surface area (TPSA) is 29.5 Å². The van der Waals surface area contributed by atoms with Crippen molar-refractivity contribution < 1.29 is 27.4 Å². The van der Waals surface area contributed by atoms with Crippen molar-refractivity contribution in [1.82, 2.24) is 0 Å². The summed E-state index contributed by atoms with van der Waals surface area (Å²) in [6, 6.07) is 3.73. The number of ether oxygens (including phenoxy) is 1. The van der Waals surface area contributed by atoms with Gasteiger partial charge in [-0.15, -0.1) is 0 Å². The number of alkyl halides is 3. The first-order valence-corrected chi connectivity index (χ1v) is 4.88. The Morgan fingerprint density at radius 1 is 1.35 bits per heavy atom. The summed E-state index contributed by atoms with van der Waals surface area (Å²) in [5, 5.41) is 9.56. The molecule has 96 valence electrons. The minimum Gasteiger partial charge on any atom is -0.386 e. The van der Waals surface area contributed by atoms with Crippen molar-refractivity contribution in [2.24, 2.45) is 0 Å². The molecular formula is C11H12F4O2. The van der Waals surface area contributed by atoms with Crippen LogP contribution in [0.25, 0.3) is 0 Å². The third-order valence-electron chi connectivity index (χ3n) is 2.14. The summed E-state index contributed by atoms with van der Waals surface area (Å²) in [5.41, 5.74) is 0.821. The SMILES string of the molecule is Cc1ccc(F)cc1C(O)COCC(F)(F)F. The van der Waals surface area contributed by atoms with Crippen molar-refractivity contribution in [3.8, 4) is 0 Å². The van der Waals surface area contributed by atoms with Crippen LogP contribution in [0.1, 0.15) is 17.2 Å². The van der Waals surface area contributed by atoms with E-state index in [1.165, 1.54) is 12.1 Å². The molecule has 1 N–H and O–H groups in total. The molecule has 2 nitrogen and oxygen atoms in total. The van der Waals surface area contributed by atoms with Gasteiger partial charge in [0.1, 0.15) is 18.5 Å². The molecule has 0 heterocycles. The van der Waals surface area contributed by atoms with Gasteiger partial charge in [0.15, 0.2) is 0 Å². The summed E-state index contributed by atoms with van der Waals surface area (Å²) in [7, 11) is 0. The number of hydrogen-bond donors (Lipinski definition) is 1. The third-order valence-corrected chi connectivity index (χ3v) is 2.14. The minimum absolute atomic E-state index is 0.229. The van der Waals surface area contributed by atoms with Crippen molar-refractivity contribution in [3.63, 3.8) is 0 Å². The molecule has 0 aliphatic heterocycles. The quantitative estimate of drug-likeness (QED) is 0.835. The van der Waals surface area contributed by atoms with Crippen LogP contribution in [0.2, 0.25) is 0 Å². The first-order chi connectivity index (χ1) is 7.79. The van der Waals surface area contributed by atoms with Crippen molar-refractivity contribution in [3.05, 3.63) is 35.1 Å². The van der Waals surface area contributed by atoms with Crippen LogP contribution in [0.4, 0.5) is 17.6 Å². The molecule has 17 heavy (non-hydrogen) atoms. The standard InChI is InChI=1S/C11H12F4O2/c1-7-2-3-8(12)4-9(7)10(16)5-17-6-11(13,14)15/h2-4,10,16H,5-6H2,1H3. The van der Waals surface area contributed by atoms with Gasteiger partial charge in [-0.2, -0.15) is 13.2 Å². The highest BCUT2D eigenvalue weighted by Gasteiger charge is 2.28. The van der Waals surface area contributed by atoms with Crippen LogP contribution >= 0.6 is 0 Å². The summed E-state index contributed by atoms with van der Waals surface area (Å²) in [6.45, 7) is -0.329. The molecule has 0 saturated heterocycles. The minimum atomic E-state index is -4.43. The van der Waals surface area contributed by atoms with Gasteiger partial charge in [0.05, 0.1) is 6.61 Å². The van der Waals surface area contributed by atoms with Gasteiger partial charge in [-0.3, -0.25) is 0 Å². The zero-order valence-electron chi connectivity index (χ0n) is 9.09. The molecule has 0 fully saturated rings. The van der Waals surface area contributed by atoms with Gasteiger partial charge in [0.2, 0.25) is 0 Å². The lowest BCUT2D eigenvalue weighted by Gasteiger charge is -2.15. The molecule has 1 aromatic carbocycles. The molecule has 1 rings (SSSR count). The van der Waals surface area contributed by atoms with E-state index in [0.29, 0.717) is 5.56 Å². The number of halogens is 4. The second-order valence-corrected chi connectivity index (χ2v) is 3.65. The van der Waals surface area contributed by atoms with Gasteiger partial charge < -0.3 is 9.84 Å². The Hall–Kier alpha value is -1.14. The molecule has 0 aliphatic carbocycles. The average Bonchev–Trinajstić information content (AvgIpc) is 2.19. The van der Waals surface area contributed by atoms with E-state index in [1.807, 2.05) is 0 Å². The molecule has 0 spiro atoms. The van der Waals surface area contributed by atoms with Gasteiger partial charge in [-0.1, -0.05) is 6.07 Å². The second-order valence-electron chi connectivity index (χ2n) is 3.65. The van der Waals surface area contributed by atoms with Crippen LogP contribution in [-0.4, -0.2) is 24.5 Å². The van der Waals surface area contributed by atoms with Crippen LogP contribution in [0, 0.1) is 12.7 Å². The molecule has 0 radical (unpaired) electrons. The first-order valence-electron chi connectivity index (χ1n) is 4.88. The summed E-state index contributed by atoms with van der Waals surface area (Å²) in [4.78, 5) is 0. The van der Waals surface area contributed by atoms with E-state index in [0.717, 1.165) is 6.07 Å². The maximum absolute atomic E-state index is 12.9. The van der Waals surface area contributed by atoms with Gasteiger partial charge in [-0.25, -0.2) is 4.39 Å². The first kappa shape index (κ1) is 13.9. The number of benzene rings is 1. The Bertz CT molecular complexity index is 376. The lowest BCUT2D eigenvalue weighted by atomic mass is 10.0. The predicted octanol–water partition coefficient (Wildman–Crippen LogP) is 2.75. The number of aryl methyl sites for hydroxylation is 1. The predicted molar refractivity (Wildman–Crippen MR) is 53.0 cm³/mol. The molecular weight excluding hydrogens is 240 g/mol. The highest BCUT2D eigenvalue weighted by molar-refractivity contribution is 5.28. The van der Waals surface area contributed by atoms with Crippen molar-refractivity contribution >= 4 is 0 Å². The summed E-state index contributed by atoms with van der Waals surface area (Å²) in [5.74, 6) is -0.555. The number of rotatable bonds is 4. The summed E-state index contributed by atoms with van der Waals surface area (Å²) >= 11 is 0. The van der Waals surface area contributed by atoms with Gasteiger partial charge in [0, 0.05) is 0 Å². The molecule has 1 unspecified atom stereocenters. The third kappa shape index (κ3) is 4.70. The molecule has 0 amide bonds. The fraction of sp³-hybridized carbons (Fsp3) is 0.455. The van der Waals surface area contributed by atoms with Crippen LogP contribution in [0.5, 0.6) is 0 Å². The molecule has 1 atom stereocenters. The fourth-order valence-electron chi connectivity index (χ4n) is 1.35. The zero-order valence-corrected chi connectivity index (χ0v) is 9.09. The molecule has 0 saturated carbocycles. The molecule has 0 aromatic heterocycles. The van der Waals surface area contributed by atoms with E-state index in [2.05, 4.69) is 4.74 Å². The monoisotopic (exact) mass is 252 g/mol. The summed E-state index contributed by atoms with van der Waals surface area (Å²) in [6.07, 6.45) is -5.70. The van der Waals surface area contributed by atoms with Crippen molar-refractivity contribution in [2.75, 3.05) is 13.2 Å². The normalized spacial score (nSPS) is 13.8. The maximum atomic E-state index is 12.9. The molecule has 0 aliphatic rings. The average molecular weight is 252 g/mol. The van der Waals surface area contributed by atoms with Crippen LogP contribution in [0.15, 0.2) is 18.2 Å². The van der Waals surface area contributed by atoms with Gasteiger partial charge in [0.25, 0.3) is 0 Å². The Balaban J connectivity index is 2.58. The number of aliphatic hydroxyl groups is 1. The maximum Gasteiger partial charge on any atom is 0.411 e. The van der Waals surface area contributed by atoms with Gasteiger partial charge in [-0.05, 0) is 30.2 Å². The highest BCUT2D eigenvalue weighted by Crippen LogP contribution is 2.20. The van der Waals surface area contributed by atoms with E-state index < -0.39 is 31.3 Å². The van der Waals surface area contributed by atoms with E-state index >= 15 is 0 Å². The van der Waals surface area contributed by atoms with E-state index in [-0.39, 0.29) is 5.56 Å². The van der Waals surface area contributed by atoms with E-state index in [4.69, 9.17) is 0 Å². The molecule has 1 aromatic rings. The van der Waals surface area contributed by atoms with E-state index in [9.17, 15) is 22.7 Å². The van der Waals surface area contributed by atoms with E-state index in [1.54, 1.807) is 6.92 Å². The Morgan fingerprint density at radius 2 is 2.00 bits per heavy atom. The smallest absolute Gasteiger partial charge is 0.386 e. The van der Waals surface area contributed by atoms with Crippen molar-refractivity contribution in [1.29, 1.82) is 0 Å². The highest BCUT2D eigenvalue weighted by atomic mass is 19.4. The van der Waals surface area contributed by atoms with Crippen LogP contribution in [-0.2, 0) is 4.74 Å².